The molecule has 3 N–H and O–H groups in total. The lowest BCUT2D eigenvalue weighted by Crippen LogP contribution is -2.09. The van der Waals surface area contributed by atoms with E-state index >= 15 is 0 Å². The number of rotatable bonds is 5. The van der Waals surface area contributed by atoms with E-state index < -0.39 is 5.92 Å². The van der Waals surface area contributed by atoms with E-state index in [9.17, 15) is 5.26 Å². The first kappa shape index (κ1) is 22.6. The predicted octanol–water partition coefficient (Wildman–Crippen LogP) is 5.81. The molecule has 10 heteroatoms. The summed E-state index contributed by atoms with van der Waals surface area (Å²) < 4.78 is 1.57. The maximum atomic E-state index is 9.85. The van der Waals surface area contributed by atoms with Gasteiger partial charge in [0.15, 0.2) is 11.6 Å². The first-order valence-electron chi connectivity index (χ1n) is 10.6. The molecule has 0 radical (unpaired) electrons. The lowest BCUT2D eigenvalue weighted by Gasteiger charge is -2.17. The summed E-state index contributed by atoms with van der Waals surface area (Å²) in [6.45, 7) is 1.92. The van der Waals surface area contributed by atoms with Crippen LogP contribution < -0.4 is 11.1 Å². The Balaban J connectivity index is 1.49. The zero-order chi connectivity index (χ0) is 24.5. The molecule has 0 bridgehead atoms. The van der Waals surface area contributed by atoms with Crippen molar-refractivity contribution in [2.75, 3.05) is 11.1 Å². The van der Waals surface area contributed by atoms with Gasteiger partial charge in [0.1, 0.15) is 17.5 Å². The first-order valence-corrected chi connectivity index (χ1v) is 11.4. The summed E-state index contributed by atoms with van der Waals surface area (Å²) in [6, 6.07) is 20.7. The highest BCUT2D eigenvalue weighted by molar-refractivity contribution is 6.32. The van der Waals surface area contributed by atoms with Crippen molar-refractivity contribution in [2.45, 2.75) is 12.8 Å². The van der Waals surface area contributed by atoms with E-state index in [1.807, 2.05) is 49.4 Å². The van der Waals surface area contributed by atoms with E-state index in [1.54, 1.807) is 22.9 Å². The van der Waals surface area contributed by atoms with E-state index in [-0.39, 0.29) is 0 Å². The molecule has 0 aliphatic heterocycles. The molecule has 0 amide bonds. The number of aromatic nitrogens is 5. The Morgan fingerprint density at radius 2 is 1.83 bits per heavy atom. The minimum atomic E-state index is -0.538. The zero-order valence-corrected chi connectivity index (χ0v) is 20.0. The number of nitrogens with zero attached hydrogens (tertiary/aromatic N) is 6. The van der Waals surface area contributed by atoms with Crippen molar-refractivity contribution in [1.82, 2.24) is 25.0 Å². The average Bonchev–Trinajstić information content (AvgIpc) is 3.29. The number of halogens is 2. The van der Waals surface area contributed by atoms with Crippen LogP contribution >= 0.6 is 23.2 Å². The average molecular weight is 501 g/mol. The molecule has 3 aromatic carbocycles. The van der Waals surface area contributed by atoms with Crippen molar-refractivity contribution in [3.63, 3.8) is 0 Å². The molecule has 0 saturated carbocycles. The summed E-state index contributed by atoms with van der Waals surface area (Å²) in [4.78, 5) is 8.62. The molecular formula is C25H18Cl2N8. The molecular weight excluding hydrogens is 483 g/mol. The standard InChI is InChI=1S/C25H18Cl2N8/c1-14-10-17(18(12-28)15-6-8-16(26)9-7-15)19(27)11-21(14)32-24-23(29)25(31-13-30-24)35-22-5-3-2-4-20(22)33-34-35/h2-11,13,18H,29H2,1H3,(H,30,31,32). The SMILES string of the molecule is Cc1cc(C(C#N)c2ccc(Cl)cc2)c(Cl)cc1Nc1ncnc(-n2nnc3ccccc32)c1N. The van der Waals surface area contributed by atoms with Crippen molar-refractivity contribution < 1.29 is 0 Å². The van der Waals surface area contributed by atoms with E-state index in [4.69, 9.17) is 28.9 Å². The quantitative estimate of drug-likeness (QED) is 0.312. The molecule has 2 heterocycles. The number of nitrogen functional groups attached to an aromatic ring is 1. The molecule has 8 nitrogen and oxygen atoms in total. The highest BCUT2D eigenvalue weighted by Gasteiger charge is 2.20. The fraction of sp³-hybridized carbons (Fsp3) is 0.0800. The van der Waals surface area contributed by atoms with Crippen LogP contribution in [-0.4, -0.2) is 25.0 Å². The van der Waals surface area contributed by atoms with Gasteiger partial charge in [0.05, 0.1) is 17.5 Å². The number of nitrogens with one attached hydrogen (secondary N) is 1. The van der Waals surface area contributed by atoms with Gasteiger partial charge < -0.3 is 11.1 Å². The maximum Gasteiger partial charge on any atom is 0.184 e. The second-order valence-corrected chi connectivity index (χ2v) is 8.72. The number of aryl methyl sites for hydroxylation is 1. The summed E-state index contributed by atoms with van der Waals surface area (Å²) in [7, 11) is 0. The summed E-state index contributed by atoms with van der Waals surface area (Å²) in [5.41, 5.74) is 11.3. The second kappa shape index (κ2) is 9.22. The Bertz CT molecular complexity index is 1590. The van der Waals surface area contributed by atoms with Crippen molar-refractivity contribution in [3.8, 4) is 11.9 Å². The molecule has 0 saturated heterocycles. The highest BCUT2D eigenvalue weighted by atomic mass is 35.5. The summed E-state index contributed by atoms with van der Waals surface area (Å²) in [5.74, 6) is 0.267. The van der Waals surface area contributed by atoms with Gasteiger partial charge in [0, 0.05) is 15.7 Å². The largest absolute Gasteiger partial charge is 0.393 e. The number of hydrogen-bond donors (Lipinski definition) is 2. The van der Waals surface area contributed by atoms with E-state index in [1.165, 1.54) is 6.33 Å². The fourth-order valence-corrected chi connectivity index (χ4v) is 4.24. The Morgan fingerprint density at radius 3 is 2.60 bits per heavy atom. The number of hydrogen-bond acceptors (Lipinski definition) is 7. The van der Waals surface area contributed by atoms with Crippen molar-refractivity contribution in [1.29, 1.82) is 5.26 Å². The van der Waals surface area contributed by atoms with Crippen LogP contribution in [0.1, 0.15) is 22.6 Å². The molecule has 0 fully saturated rings. The zero-order valence-electron chi connectivity index (χ0n) is 18.4. The fourth-order valence-electron chi connectivity index (χ4n) is 3.85. The third-order valence-electron chi connectivity index (χ3n) is 5.66. The lowest BCUT2D eigenvalue weighted by molar-refractivity contribution is 0.800. The van der Waals surface area contributed by atoms with Gasteiger partial charge in [-0.1, -0.05) is 58.7 Å². The minimum Gasteiger partial charge on any atom is -0.393 e. The van der Waals surface area contributed by atoms with Crippen molar-refractivity contribution in [3.05, 3.63) is 93.7 Å². The molecule has 2 aromatic heterocycles. The first-order chi connectivity index (χ1) is 17.0. The molecule has 35 heavy (non-hydrogen) atoms. The van der Waals surface area contributed by atoms with Crippen LogP contribution in [0.3, 0.4) is 0 Å². The Hall–Kier alpha value is -4.19. The van der Waals surface area contributed by atoms with Crippen LogP contribution in [0.4, 0.5) is 17.2 Å². The van der Waals surface area contributed by atoms with Gasteiger partial charge in [-0.2, -0.15) is 9.94 Å². The Morgan fingerprint density at radius 1 is 1.06 bits per heavy atom. The van der Waals surface area contributed by atoms with Crippen molar-refractivity contribution >= 4 is 51.4 Å². The minimum absolute atomic E-state index is 0.304. The third-order valence-corrected chi connectivity index (χ3v) is 6.23. The van der Waals surface area contributed by atoms with Gasteiger partial charge in [0.2, 0.25) is 0 Å². The number of nitrogens with two attached hydrogens (primary N) is 1. The van der Waals surface area contributed by atoms with Crippen LogP contribution in [0.2, 0.25) is 10.0 Å². The lowest BCUT2D eigenvalue weighted by atomic mass is 9.91. The van der Waals surface area contributed by atoms with Crippen LogP contribution in [0, 0.1) is 18.3 Å². The van der Waals surface area contributed by atoms with Crippen molar-refractivity contribution in [2.24, 2.45) is 0 Å². The van der Waals surface area contributed by atoms with Gasteiger partial charge in [0.25, 0.3) is 0 Å². The number of nitriles is 1. The molecule has 1 unspecified atom stereocenters. The Labute approximate surface area is 211 Å². The van der Waals surface area contributed by atoms with Gasteiger partial charge >= 0.3 is 0 Å². The third kappa shape index (κ3) is 4.23. The summed E-state index contributed by atoms with van der Waals surface area (Å²) in [6.07, 6.45) is 1.40. The number of fused-ring (bicyclic) bond motifs is 1. The van der Waals surface area contributed by atoms with Gasteiger partial charge in [-0.15, -0.1) is 5.10 Å². The van der Waals surface area contributed by atoms with Crippen LogP contribution in [-0.2, 0) is 0 Å². The normalized spacial score (nSPS) is 11.8. The Kier molecular flexibility index (Phi) is 5.95. The highest BCUT2D eigenvalue weighted by Crippen LogP contribution is 2.36. The van der Waals surface area contributed by atoms with Crippen LogP contribution in [0.15, 0.2) is 67.0 Å². The molecule has 0 aliphatic carbocycles. The van der Waals surface area contributed by atoms with E-state index in [0.29, 0.717) is 38.6 Å². The van der Waals surface area contributed by atoms with Gasteiger partial charge in [-0.05, 0) is 53.9 Å². The molecule has 5 rings (SSSR count). The predicted molar refractivity (Wildman–Crippen MR) is 137 cm³/mol. The summed E-state index contributed by atoms with van der Waals surface area (Å²) in [5, 5.41) is 22.5. The monoisotopic (exact) mass is 500 g/mol. The van der Waals surface area contributed by atoms with E-state index in [2.05, 4.69) is 31.7 Å². The molecule has 0 spiro atoms. The molecule has 172 valence electrons. The van der Waals surface area contributed by atoms with E-state index in [0.717, 1.165) is 22.2 Å². The molecule has 1 atom stereocenters. The summed E-state index contributed by atoms with van der Waals surface area (Å²) >= 11 is 12.6. The van der Waals surface area contributed by atoms with Crippen LogP contribution in [0.25, 0.3) is 16.9 Å². The number of benzene rings is 3. The molecule has 5 aromatic rings. The number of anilines is 3. The van der Waals surface area contributed by atoms with Gasteiger partial charge in [-0.25, -0.2) is 9.97 Å². The number of para-hydroxylation sites is 1. The maximum absolute atomic E-state index is 9.85. The topological polar surface area (TPSA) is 118 Å². The smallest absolute Gasteiger partial charge is 0.184 e. The second-order valence-electron chi connectivity index (χ2n) is 7.88. The molecule has 0 aliphatic rings. The van der Waals surface area contributed by atoms with Gasteiger partial charge in [-0.3, -0.25) is 0 Å². The van der Waals surface area contributed by atoms with Crippen LogP contribution in [0.5, 0.6) is 0 Å².